The van der Waals surface area contributed by atoms with Crippen molar-refractivity contribution >= 4 is 30.5 Å². The molecule has 0 spiro atoms. The molecule has 0 amide bonds. The van der Waals surface area contributed by atoms with Gasteiger partial charge in [0.1, 0.15) is 29.5 Å². The second-order valence-electron chi connectivity index (χ2n) is 8.29. The number of nitrogens with one attached hydrogen (secondary N) is 1. The Morgan fingerprint density at radius 3 is 2.58 bits per heavy atom. The van der Waals surface area contributed by atoms with E-state index in [-0.39, 0.29) is 18.1 Å². The zero-order valence-electron chi connectivity index (χ0n) is 19.0. The van der Waals surface area contributed by atoms with E-state index in [1.165, 1.54) is 13.3 Å². The van der Waals surface area contributed by atoms with Crippen LogP contribution in [-0.2, 0) is 20.6 Å². The van der Waals surface area contributed by atoms with Gasteiger partial charge in [-0.05, 0) is 31.9 Å². The smallest absolute Gasteiger partial charge is 0.342 e. The predicted octanol–water partition coefficient (Wildman–Crippen LogP) is 3.13. The van der Waals surface area contributed by atoms with Crippen molar-refractivity contribution in [1.82, 2.24) is 24.6 Å². The maximum absolute atomic E-state index is 13.8. The Labute approximate surface area is 191 Å². The number of para-hydroxylation sites is 1. The van der Waals surface area contributed by atoms with Crippen LogP contribution in [0.25, 0.3) is 11.2 Å². The quantitative estimate of drug-likeness (QED) is 0.352. The molecule has 33 heavy (non-hydrogen) atoms. The predicted molar refractivity (Wildman–Crippen MR) is 124 cm³/mol. The fourth-order valence-electron chi connectivity index (χ4n) is 3.10. The highest BCUT2D eigenvalue weighted by Crippen LogP contribution is 2.46. The van der Waals surface area contributed by atoms with Crippen LogP contribution in [0.1, 0.15) is 27.7 Å². The highest BCUT2D eigenvalue weighted by Gasteiger charge is 2.44. The third-order valence-electron chi connectivity index (χ3n) is 5.41. The summed E-state index contributed by atoms with van der Waals surface area (Å²) >= 11 is 0. The number of benzene rings is 1. The van der Waals surface area contributed by atoms with Gasteiger partial charge >= 0.3 is 13.5 Å². The molecule has 3 aromatic rings. The summed E-state index contributed by atoms with van der Waals surface area (Å²) in [6.45, 7) is 7.08. The summed E-state index contributed by atoms with van der Waals surface area (Å²) in [5, 5.41) is 12.5. The van der Waals surface area contributed by atoms with Gasteiger partial charge in [0.25, 0.3) is 0 Å². The zero-order chi connectivity index (χ0) is 24.2. The molecule has 3 rings (SSSR count). The van der Waals surface area contributed by atoms with E-state index in [0.717, 1.165) is 0 Å². The fourth-order valence-corrected chi connectivity index (χ4v) is 5.24. The number of nitrogens with zero attached hydrogens (tertiary/aromatic N) is 4. The number of fused-ring (bicyclic) bond motifs is 1. The summed E-state index contributed by atoms with van der Waals surface area (Å²) in [7, 11) is -3.79. The number of hydrogen-bond donors (Lipinski definition) is 3. The third-order valence-corrected chi connectivity index (χ3v) is 7.21. The van der Waals surface area contributed by atoms with Gasteiger partial charge < -0.3 is 24.7 Å². The molecule has 0 aliphatic heterocycles. The van der Waals surface area contributed by atoms with Crippen molar-refractivity contribution in [2.75, 3.05) is 12.1 Å². The Morgan fingerprint density at radius 1 is 1.24 bits per heavy atom. The van der Waals surface area contributed by atoms with E-state index < -0.39 is 25.1 Å². The van der Waals surface area contributed by atoms with Crippen LogP contribution in [0.4, 0.5) is 5.82 Å². The molecule has 178 valence electrons. The van der Waals surface area contributed by atoms with Crippen LogP contribution in [0.2, 0.25) is 0 Å². The minimum Gasteiger partial charge on any atom is -0.480 e. The summed E-state index contributed by atoms with van der Waals surface area (Å²) in [6, 6.07) is 8.56. The van der Waals surface area contributed by atoms with Crippen LogP contribution in [0.3, 0.4) is 0 Å². The van der Waals surface area contributed by atoms with Crippen molar-refractivity contribution in [1.29, 1.82) is 0 Å². The van der Waals surface area contributed by atoms with Crippen molar-refractivity contribution in [2.45, 2.75) is 45.9 Å². The number of carboxylic acids is 1. The lowest BCUT2D eigenvalue weighted by Crippen LogP contribution is -2.53. The molecule has 0 radical (unpaired) electrons. The van der Waals surface area contributed by atoms with Crippen LogP contribution in [0.15, 0.2) is 43.0 Å². The summed E-state index contributed by atoms with van der Waals surface area (Å²) in [5.74, 6) is -0.889. The highest BCUT2D eigenvalue weighted by molar-refractivity contribution is 7.57. The van der Waals surface area contributed by atoms with Gasteiger partial charge in [-0.25, -0.2) is 20.0 Å². The van der Waals surface area contributed by atoms with Crippen molar-refractivity contribution < 1.29 is 23.7 Å². The van der Waals surface area contributed by atoms with E-state index in [1.54, 1.807) is 62.0 Å². The van der Waals surface area contributed by atoms with E-state index in [0.29, 0.717) is 23.5 Å². The maximum Gasteiger partial charge on any atom is 0.342 e. The van der Waals surface area contributed by atoms with Gasteiger partial charge in [0.05, 0.1) is 19.0 Å². The van der Waals surface area contributed by atoms with Crippen LogP contribution >= 0.6 is 7.52 Å². The first-order chi connectivity index (χ1) is 15.5. The lowest BCUT2D eigenvalue weighted by atomic mass is 9.90. The molecule has 12 heteroatoms. The molecule has 0 fully saturated rings. The van der Waals surface area contributed by atoms with Crippen molar-refractivity contribution in [3.8, 4) is 5.75 Å². The number of anilines is 1. The van der Waals surface area contributed by atoms with E-state index in [9.17, 15) is 14.5 Å². The minimum atomic E-state index is -3.79. The molecule has 0 saturated carbocycles. The largest absolute Gasteiger partial charge is 0.480 e. The normalized spacial score (nSPS) is 16.3. The molecule has 2 heterocycles. The lowest BCUT2D eigenvalue weighted by molar-refractivity contribution is -0.145. The van der Waals surface area contributed by atoms with Gasteiger partial charge in [0.2, 0.25) is 0 Å². The monoisotopic (exact) mass is 476 g/mol. The van der Waals surface area contributed by atoms with Crippen LogP contribution < -0.4 is 15.3 Å². The average Bonchev–Trinajstić information content (AvgIpc) is 3.17. The Hall–Kier alpha value is -3.01. The number of hydrogen-bond acceptors (Lipinski definition) is 8. The second-order valence-corrected chi connectivity index (χ2v) is 10.3. The number of nitrogens with two attached hydrogens (primary N) is 1. The molecule has 3 unspecified atom stereocenters. The maximum atomic E-state index is 13.8. The summed E-state index contributed by atoms with van der Waals surface area (Å²) in [5.41, 5.74) is 5.37. The van der Waals surface area contributed by atoms with Crippen molar-refractivity contribution in [3.05, 3.63) is 43.0 Å². The summed E-state index contributed by atoms with van der Waals surface area (Å²) < 4.78 is 27.2. The van der Waals surface area contributed by atoms with Gasteiger partial charge in [-0.15, -0.1) is 0 Å². The molecule has 4 N–H and O–H groups in total. The number of aromatic nitrogens is 4. The minimum absolute atomic E-state index is 0.277. The van der Waals surface area contributed by atoms with Gasteiger partial charge in [0, 0.05) is 0 Å². The van der Waals surface area contributed by atoms with Gasteiger partial charge in [-0.3, -0.25) is 9.36 Å². The van der Waals surface area contributed by atoms with Crippen LogP contribution in [0.5, 0.6) is 5.75 Å². The first kappa shape index (κ1) is 24.6. The number of aliphatic carboxylic acids is 1. The molecule has 1 aromatic carbocycles. The van der Waals surface area contributed by atoms with Crippen LogP contribution in [-0.4, -0.2) is 48.6 Å². The van der Waals surface area contributed by atoms with E-state index in [4.69, 9.17) is 15.0 Å². The Kier molecular flexibility index (Phi) is 7.36. The van der Waals surface area contributed by atoms with Crippen molar-refractivity contribution in [2.24, 2.45) is 5.92 Å². The first-order valence-electron chi connectivity index (χ1n) is 10.4. The molecule has 2 aromatic heterocycles. The number of carboxylic acid groups (broad SMARTS) is 1. The van der Waals surface area contributed by atoms with Crippen LogP contribution in [0, 0.1) is 5.92 Å². The number of imidazole rings is 1. The fraction of sp³-hybridized carbons (Fsp3) is 0.429. The highest BCUT2D eigenvalue weighted by atomic mass is 31.2. The van der Waals surface area contributed by atoms with Gasteiger partial charge in [-0.2, -0.15) is 0 Å². The molecule has 0 aliphatic carbocycles. The van der Waals surface area contributed by atoms with E-state index in [2.05, 4.69) is 20.0 Å². The Bertz CT molecular complexity index is 1150. The molecule has 0 saturated heterocycles. The number of ether oxygens (including phenoxy) is 1. The summed E-state index contributed by atoms with van der Waals surface area (Å²) in [6.07, 6.45) is 2.16. The molecular weight excluding hydrogens is 447 g/mol. The standard InChI is InChI=1S/C21H29N6O5P/c1-14(2)21(4,20(28)29)26-33(30,32-16-8-6-5-7-9-16)13-31-15(3)10-27-12-25-17-18(22)23-11-24-19(17)27/h5-9,11-12,14-15H,10,13H2,1-4H3,(H,26,30)(H,28,29)(H2,22,23,24). The molecule has 0 bridgehead atoms. The van der Waals surface area contributed by atoms with Gasteiger partial charge in [-0.1, -0.05) is 32.0 Å². The van der Waals surface area contributed by atoms with E-state index in [1.807, 2.05) is 0 Å². The molecule has 11 nitrogen and oxygen atoms in total. The molecule has 0 aliphatic rings. The van der Waals surface area contributed by atoms with Gasteiger partial charge in [0.15, 0.2) is 11.5 Å². The Morgan fingerprint density at radius 2 is 1.94 bits per heavy atom. The molecule has 3 atom stereocenters. The Balaban J connectivity index is 1.78. The SMILES string of the molecule is CC(Cn1cnc2c(N)ncnc21)OCP(=O)(NC(C)(C(=O)O)C(C)C)Oc1ccccc1. The molecular formula is C21H29N6O5P. The van der Waals surface area contributed by atoms with Crippen molar-refractivity contribution in [3.63, 3.8) is 0 Å². The summed E-state index contributed by atoms with van der Waals surface area (Å²) in [4.78, 5) is 24.3. The first-order valence-corrected chi connectivity index (χ1v) is 12.2. The zero-order valence-corrected chi connectivity index (χ0v) is 19.9. The number of nitrogen functional groups attached to an aromatic ring is 1. The topological polar surface area (TPSA) is 154 Å². The lowest BCUT2D eigenvalue weighted by Gasteiger charge is -2.34. The average molecular weight is 476 g/mol. The van der Waals surface area contributed by atoms with E-state index >= 15 is 0 Å². The second kappa shape index (κ2) is 9.86. The number of rotatable bonds is 11. The third kappa shape index (κ3) is 5.68. The number of carbonyl (C=O) groups is 1.